The van der Waals surface area contributed by atoms with Gasteiger partial charge in [0.05, 0.1) is 5.25 Å². The molecule has 0 saturated heterocycles. The Morgan fingerprint density at radius 3 is 2.53 bits per heavy atom. The summed E-state index contributed by atoms with van der Waals surface area (Å²) in [7, 11) is -3.58. The Hall–Kier alpha value is -0.880. The molecule has 17 heavy (non-hydrogen) atoms. The Kier molecular flexibility index (Phi) is 3.53. The van der Waals surface area contributed by atoms with Gasteiger partial charge in [-0.3, -0.25) is 0 Å². The van der Waals surface area contributed by atoms with Gasteiger partial charge in [-0.1, -0.05) is 30.9 Å². The van der Waals surface area contributed by atoms with Crippen molar-refractivity contribution in [2.24, 2.45) is 0 Å². The third-order valence-corrected chi connectivity index (χ3v) is 5.45. The van der Waals surface area contributed by atoms with E-state index in [-0.39, 0.29) is 15.0 Å². The molecular formula is C10H13ClN2O3S. The van der Waals surface area contributed by atoms with Gasteiger partial charge in [-0.25, -0.2) is 8.42 Å². The first-order chi connectivity index (χ1) is 8.01. The van der Waals surface area contributed by atoms with E-state index in [0.717, 1.165) is 19.3 Å². The monoisotopic (exact) mass is 276 g/mol. The van der Waals surface area contributed by atoms with Crippen molar-refractivity contribution in [1.29, 1.82) is 0 Å². The third-order valence-electron chi connectivity index (χ3n) is 3.02. The van der Waals surface area contributed by atoms with E-state index in [1.807, 2.05) is 0 Å². The summed E-state index contributed by atoms with van der Waals surface area (Å²) < 4.78 is 24.4. The molecule has 0 radical (unpaired) electrons. The predicted octanol–water partition coefficient (Wildman–Crippen LogP) is 1.47. The first-order valence-corrected chi connectivity index (χ1v) is 7.44. The minimum absolute atomic E-state index is 0.0115. The van der Waals surface area contributed by atoms with Crippen molar-refractivity contribution in [2.45, 2.75) is 42.4 Å². The molecule has 1 aromatic rings. The highest BCUT2D eigenvalue weighted by molar-refractivity contribution is 7.91. The zero-order valence-electron chi connectivity index (χ0n) is 9.17. The van der Waals surface area contributed by atoms with E-state index >= 15 is 0 Å². The lowest BCUT2D eigenvalue weighted by Crippen LogP contribution is -2.41. The summed E-state index contributed by atoms with van der Waals surface area (Å²) in [4.78, 5) is 0.103. The molecule has 2 rings (SSSR count). The molecule has 0 aromatic carbocycles. The normalized spacial score (nSPS) is 18.2. The smallest absolute Gasteiger partial charge is 0.335 e. The molecule has 5 nitrogen and oxygen atoms in total. The molecule has 0 bridgehead atoms. The van der Waals surface area contributed by atoms with Crippen LogP contribution in [-0.4, -0.2) is 18.8 Å². The van der Waals surface area contributed by atoms with E-state index in [0.29, 0.717) is 12.8 Å². The first kappa shape index (κ1) is 12.6. The molecule has 7 heteroatoms. The molecular weight excluding hydrogens is 264 g/mol. The van der Waals surface area contributed by atoms with Crippen molar-refractivity contribution in [3.63, 3.8) is 0 Å². The fraction of sp³-hybridized carbons (Fsp3) is 0.600. The molecule has 94 valence electrons. The average molecular weight is 277 g/mol. The molecule has 0 unspecified atom stereocenters. The number of sulfone groups is 1. The number of aromatic nitrogens is 2. The van der Waals surface area contributed by atoms with Crippen molar-refractivity contribution in [3.05, 3.63) is 22.5 Å². The molecule has 1 saturated carbocycles. The highest BCUT2D eigenvalue weighted by Crippen LogP contribution is 2.27. The average Bonchev–Trinajstić information content (AvgIpc) is 2.29. The molecule has 0 aliphatic heterocycles. The fourth-order valence-corrected chi connectivity index (χ4v) is 4.07. The van der Waals surface area contributed by atoms with E-state index in [1.165, 1.54) is 12.1 Å². The van der Waals surface area contributed by atoms with Gasteiger partial charge in [0.1, 0.15) is 0 Å². The highest BCUT2D eigenvalue weighted by Gasteiger charge is 2.35. The van der Waals surface area contributed by atoms with Gasteiger partial charge in [-0.15, -0.1) is 0 Å². The largest absolute Gasteiger partial charge is 0.593 e. The summed E-state index contributed by atoms with van der Waals surface area (Å²) in [6.45, 7) is 0. The minimum Gasteiger partial charge on any atom is -0.593 e. The lowest BCUT2D eigenvalue weighted by molar-refractivity contribution is -0.707. The van der Waals surface area contributed by atoms with Crippen molar-refractivity contribution in [2.75, 3.05) is 0 Å². The van der Waals surface area contributed by atoms with Crippen LogP contribution in [0.15, 0.2) is 17.2 Å². The Bertz CT molecular complexity index is 512. The standard InChI is InChI=1S/C10H13ClN2O3S/c11-9-6-7-10(13(14)12-9)17(15,16)8-4-2-1-3-5-8/h6-8H,1-5H2. The van der Waals surface area contributed by atoms with Crippen LogP contribution in [0.1, 0.15) is 32.1 Å². The highest BCUT2D eigenvalue weighted by atomic mass is 35.5. The Balaban J connectivity index is 2.37. The van der Waals surface area contributed by atoms with Gasteiger partial charge in [0.2, 0.25) is 9.84 Å². The number of hydrogen-bond acceptors (Lipinski definition) is 4. The zero-order valence-corrected chi connectivity index (χ0v) is 10.7. The van der Waals surface area contributed by atoms with Gasteiger partial charge in [0.25, 0.3) is 0 Å². The van der Waals surface area contributed by atoms with Crippen LogP contribution in [-0.2, 0) is 9.84 Å². The molecule has 1 fully saturated rings. The Morgan fingerprint density at radius 1 is 1.29 bits per heavy atom. The summed E-state index contributed by atoms with van der Waals surface area (Å²) in [5.41, 5.74) is 0. The topological polar surface area (TPSA) is 74.0 Å². The van der Waals surface area contributed by atoms with Crippen LogP contribution in [0.5, 0.6) is 0 Å². The van der Waals surface area contributed by atoms with E-state index in [4.69, 9.17) is 11.6 Å². The second-order valence-electron chi connectivity index (χ2n) is 4.17. The Labute approximate surface area is 105 Å². The van der Waals surface area contributed by atoms with Crippen LogP contribution in [0.2, 0.25) is 5.15 Å². The molecule has 0 spiro atoms. The van der Waals surface area contributed by atoms with Crippen molar-refractivity contribution >= 4 is 21.4 Å². The minimum atomic E-state index is -3.58. The van der Waals surface area contributed by atoms with Crippen molar-refractivity contribution in [1.82, 2.24) is 5.10 Å². The predicted molar refractivity (Wildman–Crippen MR) is 62.3 cm³/mol. The maximum absolute atomic E-state index is 12.2. The van der Waals surface area contributed by atoms with Gasteiger partial charge < -0.3 is 5.21 Å². The lowest BCUT2D eigenvalue weighted by atomic mass is 10.0. The number of halogens is 1. The Morgan fingerprint density at radius 2 is 1.94 bits per heavy atom. The van der Waals surface area contributed by atoms with E-state index in [9.17, 15) is 13.6 Å². The van der Waals surface area contributed by atoms with Crippen LogP contribution in [0.25, 0.3) is 0 Å². The van der Waals surface area contributed by atoms with E-state index < -0.39 is 15.1 Å². The number of rotatable bonds is 2. The van der Waals surface area contributed by atoms with E-state index in [2.05, 4.69) is 5.10 Å². The maximum Gasteiger partial charge on any atom is 0.335 e. The number of hydrogen-bond donors (Lipinski definition) is 0. The van der Waals surface area contributed by atoms with Crippen molar-refractivity contribution in [3.8, 4) is 0 Å². The summed E-state index contributed by atoms with van der Waals surface area (Å²) in [5, 5.41) is 14.1. The van der Waals surface area contributed by atoms with Crippen LogP contribution in [0.3, 0.4) is 0 Å². The maximum atomic E-state index is 12.2. The van der Waals surface area contributed by atoms with Gasteiger partial charge >= 0.3 is 5.03 Å². The molecule has 1 aliphatic rings. The second kappa shape index (κ2) is 4.78. The van der Waals surface area contributed by atoms with Crippen molar-refractivity contribution < 1.29 is 13.3 Å². The van der Waals surface area contributed by atoms with Gasteiger partial charge in [0.15, 0.2) is 5.15 Å². The fourth-order valence-electron chi connectivity index (χ4n) is 2.12. The summed E-state index contributed by atoms with van der Waals surface area (Å²) in [5.74, 6) is 0. The molecule has 0 N–H and O–H groups in total. The lowest BCUT2D eigenvalue weighted by Gasteiger charge is -2.20. The third kappa shape index (κ3) is 2.52. The molecule has 1 aromatic heterocycles. The number of nitrogens with zero attached hydrogens (tertiary/aromatic N) is 2. The van der Waals surface area contributed by atoms with E-state index in [1.54, 1.807) is 0 Å². The summed E-state index contributed by atoms with van der Waals surface area (Å²) in [6.07, 6.45) is 4.08. The van der Waals surface area contributed by atoms with Gasteiger partial charge in [0, 0.05) is 11.2 Å². The van der Waals surface area contributed by atoms with Crippen LogP contribution in [0.4, 0.5) is 0 Å². The van der Waals surface area contributed by atoms with Gasteiger partial charge in [-0.2, -0.15) is 0 Å². The van der Waals surface area contributed by atoms with Crippen LogP contribution in [0, 0.1) is 5.21 Å². The zero-order chi connectivity index (χ0) is 12.5. The van der Waals surface area contributed by atoms with Crippen LogP contribution < -0.4 is 4.85 Å². The van der Waals surface area contributed by atoms with Gasteiger partial charge in [-0.05, 0) is 23.8 Å². The first-order valence-electron chi connectivity index (χ1n) is 5.52. The summed E-state index contributed by atoms with van der Waals surface area (Å²) >= 11 is 5.53. The molecule has 0 atom stereocenters. The molecule has 1 aliphatic carbocycles. The second-order valence-corrected chi connectivity index (χ2v) is 6.73. The molecule has 0 amide bonds. The quantitative estimate of drug-likeness (QED) is 0.606. The van der Waals surface area contributed by atoms with Crippen LogP contribution >= 0.6 is 11.6 Å². The molecule has 1 heterocycles. The summed E-state index contributed by atoms with van der Waals surface area (Å²) in [6, 6.07) is 2.55. The SMILES string of the molecule is O=S(=O)(c1ccc(Cl)n[n+]1[O-])C1CCCCC1.